The molecule has 8 heteroatoms. The Morgan fingerprint density at radius 3 is 3.08 bits per heavy atom. The third kappa shape index (κ3) is 2.95. The van der Waals surface area contributed by atoms with Crippen molar-refractivity contribution in [1.29, 1.82) is 0 Å². The van der Waals surface area contributed by atoms with Crippen LogP contribution in [-0.4, -0.2) is 47.0 Å². The number of hydrogen-bond donors (Lipinski definition) is 1. The lowest BCUT2D eigenvalue weighted by atomic mass is 9.93. The minimum atomic E-state index is 0.253. The van der Waals surface area contributed by atoms with Crippen LogP contribution >= 0.6 is 23.1 Å². The minimum absolute atomic E-state index is 0.253. The van der Waals surface area contributed by atoms with Gasteiger partial charge in [-0.3, -0.25) is 4.79 Å². The summed E-state index contributed by atoms with van der Waals surface area (Å²) in [5.41, 5.74) is 5.92. The van der Waals surface area contributed by atoms with Gasteiger partial charge in [0.25, 0.3) is 0 Å². The summed E-state index contributed by atoms with van der Waals surface area (Å²) < 4.78 is 1.18. The van der Waals surface area contributed by atoms with E-state index in [4.69, 9.17) is 5.73 Å². The van der Waals surface area contributed by atoms with Gasteiger partial charge in [0, 0.05) is 44.6 Å². The number of fused-ring (bicyclic) bond motifs is 1. The lowest BCUT2D eigenvalue weighted by Gasteiger charge is -2.37. The molecule has 2 saturated heterocycles. The third-order valence-electron chi connectivity index (χ3n) is 4.75. The highest BCUT2D eigenvalue weighted by atomic mass is 32.2. The summed E-state index contributed by atoms with van der Waals surface area (Å²) in [7, 11) is 1.92. The van der Waals surface area contributed by atoms with E-state index >= 15 is 0 Å². The highest BCUT2D eigenvalue weighted by molar-refractivity contribution is 8.01. The first-order valence-electron chi connectivity index (χ1n) is 7.96. The van der Waals surface area contributed by atoms with Gasteiger partial charge < -0.3 is 15.5 Å². The first-order valence-corrected chi connectivity index (χ1v) is 9.66. The normalized spacial score (nSPS) is 23.6. The van der Waals surface area contributed by atoms with Crippen LogP contribution < -0.4 is 10.6 Å². The molecule has 4 rings (SSSR count). The Balaban J connectivity index is 1.54. The van der Waals surface area contributed by atoms with E-state index in [-0.39, 0.29) is 5.91 Å². The molecule has 2 aliphatic heterocycles. The van der Waals surface area contributed by atoms with Crippen LogP contribution in [0.5, 0.6) is 0 Å². The Hall–Kier alpha value is -1.80. The number of amides is 1. The van der Waals surface area contributed by atoms with Crippen LogP contribution in [0.4, 0.5) is 11.8 Å². The van der Waals surface area contributed by atoms with Crippen LogP contribution in [0, 0.1) is 5.92 Å². The maximum Gasteiger partial charge on any atom is 0.223 e. The van der Waals surface area contributed by atoms with Crippen molar-refractivity contribution < 1.29 is 4.79 Å². The Morgan fingerprint density at radius 2 is 2.29 bits per heavy atom. The number of piperidine rings is 1. The van der Waals surface area contributed by atoms with Crippen LogP contribution in [0.25, 0.3) is 0 Å². The molecule has 2 aromatic rings. The van der Waals surface area contributed by atoms with Crippen molar-refractivity contribution in [2.45, 2.75) is 28.1 Å². The molecular formula is C16H19N5OS2. The molecule has 2 aliphatic rings. The zero-order valence-electron chi connectivity index (χ0n) is 13.4. The van der Waals surface area contributed by atoms with Gasteiger partial charge in [-0.05, 0) is 17.9 Å². The number of likely N-dealkylation sites (tertiary alicyclic amines) is 1. The first kappa shape index (κ1) is 15.7. The van der Waals surface area contributed by atoms with Gasteiger partial charge in [0.15, 0.2) is 0 Å². The second-order valence-electron chi connectivity index (χ2n) is 6.23. The molecule has 2 N–H and O–H groups in total. The van der Waals surface area contributed by atoms with Gasteiger partial charge in [-0.25, -0.2) is 4.98 Å². The maximum atomic E-state index is 11.9. The van der Waals surface area contributed by atoms with E-state index in [0.29, 0.717) is 24.3 Å². The standard InChI is InChI=1S/C16H19N5OS2/c1-20-11-4-5-21(9-10(11)7-14(20)22)12-8-13(19-16(17)18-12)24-15-3-2-6-23-15/h2-3,6,8,10-11H,4-5,7,9H2,1H3,(H2,17,18,19)/t10-,11+/m1/s1. The largest absolute Gasteiger partial charge is 0.368 e. The number of carbonyl (C=O) groups is 1. The Bertz CT molecular complexity index is 751. The average Bonchev–Trinajstić information content (AvgIpc) is 3.15. The minimum Gasteiger partial charge on any atom is -0.368 e. The van der Waals surface area contributed by atoms with Gasteiger partial charge in [-0.1, -0.05) is 17.8 Å². The Labute approximate surface area is 149 Å². The van der Waals surface area contributed by atoms with Crippen molar-refractivity contribution in [3.05, 3.63) is 23.6 Å². The summed E-state index contributed by atoms with van der Waals surface area (Å²) in [4.78, 5) is 24.8. The molecular weight excluding hydrogens is 342 g/mol. The molecule has 0 aromatic carbocycles. The predicted molar refractivity (Wildman–Crippen MR) is 96.4 cm³/mol. The van der Waals surface area contributed by atoms with Gasteiger partial charge in [-0.2, -0.15) is 4.98 Å². The average molecular weight is 361 g/mol. The van der Waals surface area contributed by atoms with Crippen molar-refractivity contribution >= 4 is 40.8 Å². The fourth-order valence-electron chi connectivity index (χ4n) is 3.56. The van der Waals surface area contributed by atoms with E-state index in [2.05, 4.69) is 20.9 Å². The van der Waals surface area contributed by atoms with Gasteiger partial charge in [0.1, 0.15) is 10.8 Å². The molecule has 0 bridgehead atoms. The summed E-state index contributed by atoms with van der Waals surface area (Å²) in [6, 6.07) is 6.46. The maximum absolute atomic E-state index is 11.9. The van der Waals surface area contributed by atoms with Gasteiger partial charge in [0.2, 0.25) is 11.9 Å². The third-order valence-corrected chi connectivity index (χ3v) is 6.71. The van der Waals surface area contributed by atoms with E-state index < -0.39 is 0 Å². The number of hydrogen-bond acceptors (Lipinski definition) is 7. The number of anilines is 2. The Morgan fingerprint density at radius 1 is 1.42 bits per heavy atom. The number of rotatable bonds is 3. The number of nitrogens with two attached hydrogens (primary N) is 1. The SMILES string of the molecule is CN1C(=O)C[C@@H]2CN(c3cc(Sc4cccs4)nc(N)n3)CC[C@@H]21. The van der Waals surface area contributed by atoms with Crippen LogP contribution in [0.2, 0.25) is 0 Å². The molecule has 0 unspecified atom stereocenters. The van der Waals surface area contributed by atoms with Gasteiger partial charge >= 0.3 is 0 Å². The monoisotopic (exact) mass is 361 g/mol. The fraction of sp³-hybridized carbons (Fsp3) is 0.438. The second-order valence-corrected chi connectivity index (χ2v) is 8.50. The van der Waals surface area contributed by atoms with Crippen LogP contribution in [0.15, 0.2) is 32.8 Å². The van der Waals surface area contributed by atoms with E-state index in [9.17, 15) is 4.79 Å². The topological polar surface area (TPSA) is 75.4 Å². The van der Waals surface area contributed by atoms with Crippen molar-refractivity contribution in [2.24, 2.45) is 5.92 Å². The molecule has 0 aliphatic carbocycles. The van der Waals surface area contributed by atoms with Crippen LogP contribution in [0.1, 0.15) is 12.8 Å². The summed E-state index contributed by atoms with van der Waals surface area (Å²) in [5, 5.41) is 2.91. The lowest BCUT2D eigenvalue weighted by Crippen LogP contribution is -2.45. The molecule has 6 nitrogen and oxygen atoms in total. The molecule has 0 saturated carbocycles. The van der Waals surface area contributed by atoms with E-state index in [1.807, 2.05) is 29.5 Å². The predicted octanol–water partition coefficient (Wildman–Crippen LogP) is 2.33. The molecule has 0 radical (unpaired) electrons. The highest BCUT2D eigenvalue weighted by Crippen LogP contribution is 2.35. The molecule has 24 heavy (non-hydrogen) atoms. The molecule has 0 spiro atoms. The number of nitrogens with zero attached hydrogens (tertiary/aromatic N) is 4. The van der Waals surface area contributed by atoms with Gasteiger partial charge in [0.05, 0.1) is 4.21 Å². The van der Waals surface area contributed by atoms with E-state index in [1.165, 1.54) is 4.21 Å². The van der Waals surface area contributed by atoms with Crippen molar-refractivity contribution in [1.82, 2.24) is 14.9 Å². The molecule has 2 fully saturated rings. The summed E-state index contributed by atoms with van der Waals surface area (Å²) in [6.07, 6.45) is 1.61. The summed E-state index contributed by atoms with van der Waals surface area (Å²) >= 11 is 3.29. The quantitative estimate of drug-likeness (QED) is 0.846. The van der Waals surface area contributed by atoms with Gasteiger partial charge in [-0.15, -0.1) is 11.3 Å². The van der Waals surface area contributed by atoms with Crippen molar-refractivity contribution in [3.63, 3.8) is 0 Å². The number of carbonyl (C=O) groups excluding carboxylic acids is 1. The fourth-order valence-corrected chi connectivity index (χ4v) is 5.28. The summed E-state index contributed by atoms with van der Waals surface area (Å²) in [6.45, 7) is 1.73. The summed E-state index contributed by atoms with van der Waals surface area (Å²) in [5.74, 6) is 1.79. The number of aromatic nitrogens is 2. The molecule has 4 heterocycles. The first-order chi connectivity index (χ1) is 11.6. The molecule has 2 aromatic heterocycles. The smallest absolute Gasteiger partial charge is 0.223 e. The zero-order chi connectivity index (χ0) is 16.7. The van der Waals surface area contributed by atoms with E-state index in [1.54, 1.807) is 23.1 Å². The Kier molecular flexibility index (Phi) is 4.09. The number of thiophene rings is 1. The molecule has 126 valence electrons. The molecule has 2 atom stereocenters. The van der Waals surface area contributed by atoms with E-state index in [0.717, 1.165) is 30.4 Å². The highest BCUT2D eigenvalue weighted by Gasteiger charge is 2.41. The van der Waals surface area contributed by atoms with Crippen molar-refractivity contribution in [3.8, 4) is 0 Å². The lowest BCUT2D eigenvalue weighted by molar-refractivity contribution is -0.127. The molecule has 1 amide bonds. The number of nitrogen functional groups attached to an aromatic ring is 1. The second kappa shape index (κ2) is 6.25. The zero-order valence-corrected chi connectivity index (χ0v) is 15.0. The van der Waals surface area contributed by atoms with Crippen molar-refractivity contribution in [2.75, 3.05) is 30.8 Å². The van der Waals surface area contributed by atoms with Crippen LogP contribution in [-0.2, 0) is 4.79 Å². The van der Waals surface area contributed by atoms with Crippen LogP contribution in [0.3, 0.4) is 0 Å².